The molecule has 0 aromatic heterocycles. The van der Waals surface area contributed by atoms with Crippen LogP contribution in [0.1, 0.15) is 48.4 Å². The second-order valence-electron chi connectivity index (χ2n) is 10.6. The first-order valence-corrected chi connectivity index (χ1v) is 15.1. The zero-order chi connectivity index (χ0) is 31.2. The molecular formula is C34H34Cl2N2O6. The van der Waals surface area contributed by atoms with Gasteiger partial charge in [-0.3, -0.25) is 9.59 Å². The van der Waals surface area contributed by atoms with Crippen LogP contribution < -0.4 is 14.2 Å². The minimum atomic E-state index is -0.497. The van der Waals surface area contributed by atoms with E-state index in [0.29, 0.717) is 33.7 Å². The number of hydrazone groups is 1. The standard InChI is InChI=1S/C34H34Cl2N2O6/c1-41-28-18-22(19-29(42-2)34(28)43-3)9-16-31(40)44-20-30(39)38-33(23-10-14-26(36)15-11-23)27-6-4-5-24(32(27)37-38)17-21-7-12-25(35)13-8-21/h7-8,10-15,17-19,27,33H,4-6,9,16,20H2,1-3H3. The van der Waals surface area contributed by atoms with Gasteiger partial charge in [0.25, 0.3) is 5.91 Å². The Bertz CT molecular complexity index is 1540. The van der Waals surface area contributed by atoms with Crippen LogP contribution in [0, 0.1) is 5.92 Å². The lowest BCUT2D eigenvalue weighted by atomic mass is 9.77. The molecule has 3 aromatic rings. The van der Waals surface area contributed by atoms with E-state index in [9.17, 15) is 9.59 Å². The van der Waals surface area contributed by atoms with Gasteiger partial charge in [-0.1, -0.05) is 47.5 Å². The molecule has 0 spiro atoms. The summed E-state index contributed by atoms with van der Waals surface area (Å²) in [6, 6.07) is 18.3. The molecule has 0 radical (unpaired) electrons. The molecule has 1 aliphatic heterocycles. The van der Waals surface area contributed by atoms with Gasteiger partial charge >= 0.3 is 5.97 Å². The van der Waals surface area contributed by atoms with Crippen molar-refractivity contribution in [2.24, 2.45) is 11.0 Å². The van der Waals surface area contributed by atoms with Crippen LogP contribution in [0.3, 0.4) is 0 Å². The van der Waals surface area contributed by atoms with Crippen LogP contribution in [-0.2, 0) is 20.7 Å². The highest BCUT2D eigenvalue weighted by Gasteiger charge is 2.43. The number of esters is 1. The Labute approximate surface area is 267 Å². The van der Waals surface area contributed by atoms with Gasteiger partial charge < -0.3 is 18.9 Å². The van der Waals surface area contributed by atoms with Gasteiger partial charge in [-0.05, 0) is 90.4 Å². The lowest BCUT2D eigenvalue weighted by Gasteiger charge is -2.29. The molecule has 1 heterocycles. The van der Waals surface area contributed by atoms with Gasteiger partial charge in [0.05, 0.1) is 33.1 Å². The first kappa shape index (κ1) is 31.4. The smallest absolute Gasteiger partial charge is 0.306 e. The normalized spacial score (nSPS) is 18.4. The number of nitrogens with zero attached hydrogens (tertiary/aromatic N) is 2. The number of allylic oxidation sites excluding steroid dienone is 1. The summed E-state index contributed by atoms with van der Waals surface area (Å²) in [6.07, 6.45) is 5.23. The summed E-state index contributed by atoms with van der Waals surface area (Å²) in [5.74, 6) is 0.585. The molecule has 0 N–H and O–H groups in total. The van der Waals surface area contributed by atoms with Gasteiger partial charge in [0.2, 0.25) is 5.75 Å². The molecule has 1 aliphatic carbocycles. The van der Waals surface area contributed by atoms with Gasteiger partial charge in [-0.25, -0.2) is 5.01 Å². The third-order valence-corrected chi connectivity index (χ3v) is 8.38. The zero-order valence-electron chi connectivity index (χ0n) is 24.8. The van der Waals surface area contributed by atoms with Crippen LogP contribution >= 0.6 is 23.2 Å². The Morgan fingerprint density at radius 2 is 1.57 bits per heavy atom. The van der Waals surface area contributed by atoms with E-state index in [1.807, 2.05) is 48.5 Å². The number of hydrogen-bond donors (Lipinski definition) is 0. The summed E-state index contributed by atoms with van der Waals surface area (Å²) >= 11 is 12.3. The highest BCUT2D eigenvalue weighted by molar-refractivity contribution is 6.30. The molecule has 1 amide bonds. The summed E-state index contributed by atoms with van der Waals surface area (Å²) < 4.78 is 21.6. The van der Waals surface area contributed by atoms with Gasteiger partial charge in [0.15, 0.2) is 18.1 Å². The van der Waals surface area contributed by atoms with Crippen molar-refractivity contribution in [3.8, 4) is 17.2 Å². The third kappa shape index (κ3) is 7.03. The number of carbonyl (C=O) groups is 2. The quantitative estimate of drug-likeness (QED) is 0.217. The van der Waals surface area contributed by atoms with Crippen LogP contribution in [0.4, 0.5) is 0 Å². The van der Waals surface area contributed by atoms with E-state index in [1.54, 1.807) is 12.1 Å². The Morgan fingerprint density at radius 3 is 2.18 bits per heavy atom. The summed E-state index contributed by atoms with van der Waals surface area (Å²) in [7, 11) is 4.60. The van der Waals surface area contributed by atoms with Crippen LogP contribution in [0.15, 0.2) is 71.3 Å². The molecule has 2 unspecified atom stereocenters. The topological polar surface area (TPSA) is 86.7 Å². The summed E-state index contributed by atoms with van der Waals surface area (Å²) in [5, 5.41) is 7.62. The predicted molar refractivity (Wildman–Crippen MR) is 171 cm³/mol. The molecule has 10 heteroatoms. The van der Waals surface area contributed by atoms with E-state index in [0.717, 1.165) is 47.2 Å². The molecule has 0 bridgehead atoms. The van der Waals surface area contributed by atoms with Crippen molar-refractivity contribution in [3.05, 3.63) is 93.0 Å². The number of hydrogen-bond acceptors (Lipinski definition) is 7. The molecule has 1 saturated carbocycles. The van der Waals surface area contributed by atoms with E-state index in [1.165, 1.54) is 26.3 Å². The number of amides is 1. The Hall–Kier alpha value is -4.01. The Balaban J connectivity index is 1.31. The van der Waals surface area contributed by atoms with Crippen molar-refractivity contribution in [1.29, 1.82) is 0 Å². The van der Waals surface area contributed by atoms with Crippen LogP contribution in [0.25, 0.3) is 6.08 Å². The second-order valence-corrected chi connectivity index (χ2v) is 11.5. The molecule has 1 fully saturated rings. The number of carbonyl (C=O) groups excluding carboxylic acids is 2. The van der Waals surface area contributed by atoms with Crippen molar-refractivity contribution in [1.82, 2.24) is 5.01 Å². The molecule has 8 nitrogen and oxygen atoms in total. The lowest BCUT2D eigenvalue weighted by Crippen LogP contribution is -2.34. The van der Waals surface area contributed by atoms with E-state index in [4.69, 9.17) is 47.3 Å². The van der Waals surface area contributed by atoms with E-state index >= 15 is 0 Å². The molecule has 0 saturated heterocycles. The maximum absolute atomic E-state index is 13.6. The monoisotopic (exact) mass is 636 g/mol. The van der Waals surface area contributed by atoms with Crippen LogP contribution in [-0.4, -0.2) is 50.5 Å². The molecule has 5 rings (SSSR count). The maximum atomic E-state index is 13.6. The van der Waals surface area contributed by atoms with Crippen molar-refractivity contribution >= 4 is 46.9 Å². The molecule has 230 valence electrons. The first-order valence-electron chi connectivity index (χ1n) is 14.4. The number of methoxy groups -OCH3 is 3. The van der Waals surface area contributed by atoms with E-state index in [-0.39, 0.29) is 24.3 Å². The Kier molecular flexibility index (Phi) is 10.1. The molecule has 3 aromatic carbocycles. The maximum Gasteiger partial charge on any atom is 0.306 e. The minimum Gasteiger partial charge on any atom is -0.493 e. The molecule has 2 atom stereocenters. The number of halogens is 2. The van der Waals surface area contributed by atoms with Gasteiger partial charge in [-0.2, -0.15) is 5.10 Å². The zero-order valence-corrected chi connectivity index (χ0v) is 26.4. The van der Waals surface area contributed by atoms with Crippen molar-refractivity contribution < 1.29 is 28.5 Å². The molecule has 2 aliphatic rings. The van der Waals surface area contributed by atoms with Gasteiger partial charge in [-0.15, -0.1) is 0 Å². The van der Waals surface area contributed by atoms with E-state index in [2.05, 4.69) is 6.08 Å². The Morgan fingerprint density at radius 1 is 0.932 bits per heavy atom. The molecule has 44 heavy (non-hydrogen) atoms. The molecular weight excluding hydrogens is 603 g/mol. The van der Waals surface area contributed by atoms with E-state index < -0.39 is 12.6 Å². The summed E-state index contributed by atoms with van der Waals surface area (Å²) in [6.45, 7) is -0.419. The van der Waals surface area contributed by atoms with Crippen molar-refractivity contribution in [2.45, 2.75) is 38.1 Å². The summed E-state index contributed by atoms with van der Waals surface area (Å²) in [4.78, 5) is 26.3. The summed E-state index contributed by atoms with van der Waals surface area (Å²) in [5.41, 5.74) is 4.71. The average Bonchev–Trinajstić information content (AvgIpc) is 3.44. The number of ether oxygens (including phenoxy) is 4. The number of rotatable bonds is 10. The number of aryl methyl sites for hydroxylation is 1. The minimum absolute atomic E-state index is 0.00293. The fraction of sp³-hybridized carbons (Fsp3) is 0.324. The van der Waals surface area contributed by atoms with Crippen molar-refractivity contribution in [2.75, 3.05) is 27.9 Å². The SMILES string of the molecule is COc1cc(CCC(=O)OCC(=O)N2N=C3C(=Cc4ccc(Cl)cc4)CCCC3C2c2ccc(Cl)cc2)cc(OC)c1OC. The number of fused-ring (bicyclic) bond motifs is 1. The highest BCUT2D eigenvalue weighted by atomic mass is 35.5. The second kappa shape index (κ2) is 14.2. The van der Waals surface area contributed by atoms with Crippen molar-refractivity contribution in [3.63, 3.8) is 0 Å². The van der Waals surface area contributed by atoms with Gasteiger partial charge in [0.1, 0.15) is 0 Å². The van der Waals surface area contributed by atoms with Gasteiger partial charge in [0, 0.05) is 22.4 Å². The largest absolute Gasteiger partial charge is 0.493 e. The van der Waals surface area contributed by atoms with Crippen LogP contribution in [0.2, 0.25) is 10.0 Å². The fourth-order valence-corrected chi connectivity index (χ4v) is 6.02. The predicted octanol–water partition coefficient (Wildman–Crippen LogP) is 7.32. The van der Waals surface area contributed by atoms with Crippen LogP contribution in [0.5, 0.6) is 17.2 Å². The first-order chi connectivity index (χ1) is 21.3. The average molecular weight is 638 g/mol. The lowest BCUT2D eigenvalue weighted by molar-refractivity contribution is -0.153. The highest BCUT2D eigenvalue weighted by Crippen LogP contribution is 2.44. The third-order valence-electron chi connectivity index (χ3n) is 7.88. The number of benzene rings is 3. The fourth-order valence-electron chi connectivity index (χ4n) is 5.77.